The lowest BCUT2D eigenvalue weighted by molar-refractivity contribution is -0.145. The Hall–Kier alpha value is -1.57. The molecule has 0 radical (unpaired) electrons. The molecule has 2 heterocycles. The SMILES string of the molecule is CC(C)n1ncc(C(=O)NCCN2CCC[C@@H](C)C2)c1C(F)(F)F. The van der Waals surface area contributed by atoms with Crippen molar-refractivity contribution in [2.75, 3.05) is 26.2 Å². The van der Waals surface area contributed by atoms with E-state index >= 15 is 0 Å². The van der Waals surface area contributed by atoms with Gasteiger partial charge >= 0.3 is 6.18 Å². The number of aromatic nitrogens is 2. The largest absolute Gasteiger partial charge is 0.433 e. The summed E-state index contributed by atoms with van der Waals surface area (Å²) in [6.07, 6.45) is -1.29. The minimum absolute atomic E-state index is 0.329. The molecule has 136 valence electrons. The van der Waals surface area contributed by atoms with Crippen LogP contribution in [0.15, 0.2) is 6.20 Å². The lowest BCUT2D eigenvalue weighted by atomic mass is 10.0. The van der Waals surface area contributed by atoms with E-state index in [1.165, 1.54) is 6.42 Å². The van der Waals surface area contributed by atoms with Crippen LogP contribution < -0.4 is 5.32 Å². The number of nitrogens with one attached hydrogen (secondary N) is 1. The number of amides is 1. The molecule has 1 aliphatic rings. The van der Waals surface area contributed by atoms with E-state index in [1.54, 1.807) is 13.8 Å². The summed E-state index contributed by atoms with van der Waals surface area (Å²) in [5.41, 5.74) is -1.40. The highest BCUT2D eigenvalue weighted by atomic mass is 19.4. The number of nitrogens with zero attached hydrogens (tertiary/aromatic N) is 3. The lowest BCUT2D eigenvalue weighted by Gasteiger charge is -2.30. The minimum Gasteiger partial charge on any atom is -0.351 e. The zero-order valence-electron chi connectivity index (χ0n) is 14.4. The number of rotatable bonds is 5. The molecule has 1 aromatic heterocycles. The Balaban J connectivity index is 1.99. The topological polar surface area (TPSA) is 50.2 Å². The van der Waals surface area contributed by atoms with Crippen molar-refractivity contribution in [2.24, 2.45) is 5.92 Å². The second kappa shape index (κ2) is 7.55. The van der Waals surface area contributed by atoms with Gasteiger partial charge in [0.1, 0.15) is 0 Å². The monoisotopic (exact) mass is 346 g/mol. The zero-order valence-corrected chi connectivity index (χ0v) is 14.4. The highest BCUT2D eigenvalue weighted by Crippen LogP contribution is 2.33. The van der Waals surface area contributed by atoms with Crippen LogP contribution in [0.5, 0.6) is 0 Å². The normalized spacial score (nSPS) is 19.7. The van der Waals surface area contributed by atoms with E-state index in [4.69, 9.17) is 0 Å². The molecule has 0 unspecified atom stereocenters. The van der Waals surface area contributed by atoms with Crippen molar-refractivity contribution >= 4 is 5.91 Å². The van der Waals surface area contributed by atoms with E-state index in [0.717, 1.165) is 30.4 Å². The maximum atomic E-state index is 13.3. The molecule has 5 nitrogen and oxygen atoms in total. The van der Waals surface area contributed by atoms with Gasteiger partial charge < -0.3 is 10.2 Å². The molecule has 1 atom stereocenters. The van der Waals surface area contributed by atoms with Crippen molar-refractivity contribution in [3.8, 4) is 0 Å². The second-order valence-electron chi connectivity index (χ2n) is 6.75. The van der Waals surface area contributed by atoms with Crippen LogP contribution in [0, 0.1) is 5.92 Å². The molecular weight excluding hydrogens is 321 g/mol. The summed E-state index contributed by atoms with van der Waals surface area (Å²) >= 11 is 0. The Morgan fingerprint density at radius 3 is 2.75 bits per heavy atom. The van der Waals surface area contributed by atoms with Gasteiger partial charge in [0, 0.05) is 25.7 Å². The second-order valence-corrected chi connectivity index (χ2v) is 6.75. The number of halogens is 3. The molecule has 8 heteroatoms. The molecule has 0 aromatic carbocycles. The van der Waals surface area contributed by atoms with Crippen LogP contribution in [0.1, 0.15) is 55.7 Å². The molecule has 1 saturated heterocycles. The summed E-state index contributed by atoms with van der Waals surface area (Å²) in [4.78, 5) is 14.4. The molecule has 2 rings (SSSR count). The van der Waals surface area contributed by atoms with Gasteiger partial charge in [0.05, 0.1) is 11.8 Å². The van der Waals surface area contributed by atoms with Crippen molar-refractivity contribution in [2.45, 2.75) is 45.8 Å². The van der Waals surface area contributed by atoms with E-state index in [2.05, 4.69) is 22.2 Å². The number of piperidine rings is 1. The number of carbonyl (C=O) groups is 1. The van der Waals surface area contributed by atoms with Crippen molar-refractivity contribution < 1.29 is 18.0 Å². The third-order valence-corrected chi connectivity index (χ3v) is 4.25. The van der Waals surface area contributed by atoms with Crippen molar-refractivity contribution in [3.05, 3.63) is 17.5 Å². The maximum Gasteiger partial charge on any atom is 0.433 e. The molecule has 24 heavy (non-hydrogen) atoms. The highest BCUT2D eigenvalue weighted by Gasteiger charge is 2.40. The van der Waals surface area contributed by atoms with Crippen LogP contribution in [-0.4, -0.2) is 46.8 Å². The van der Waals surface area contributed by atoms with Crippen molar-refractivity contribution in [1.82, 2.24) is 20.0 Å². The van der Waals surface area contributed by atoms with Gasteiger partial charge in [-0.2, -0.15) is 18.3 Å². The van der Waals surface area contributed by atoms with Gasteiger partial charge in [0.15, 0.2) is 5.69 Å². The molecule has 0 aliphatic carbocycles. The van der Waals surface area contributed by atoms with E-state index in [9.17, 15) is 18.0 Å². The van der Waals surface area contributed by atoms with Gasteiger partial charge in [-0.1, -0.05) is 6.92 Å². The molecule has 0 saturated carbocycles. The van der Waals surface area contributed by atoms with Crippen LogP contribution in [0.4, 0.5) is 13.2 Å². The van der Waals surface area contributed by atoms with Crippen LogP contribution in [-0.2, 0) is 6.18 Å². The van der Waals surface area contributed by atoms with Gasteiger partial charge in [-0.15, -0.1) is 0 Å². The number of alkyl halides is 3. The summed E-state index contributed by atoms with van der Waals surface area (Å²) < 4.78 is 40.7. The molecule has 1 fully saturated rings. The van der Waals surface area contributed by atoms with Crippen LogP contribution in [0.2, 0.25) is 0 Å². The summed E-state index contributed by atoms with van der Waals surface area (Å²) in [7, 11) is 0. The van der Waals surface area contributed by atoms with Gasteiger partial charge in [-0.05, 0) is 39.2 Å². The fourth-order valence-corrected chi connectivity index (χ4v) is 3.12. The highest BCUT2D eigenvalue weighted by molar-refractivity contribution is 5.95. The summed E-state index contributed by atoms with van der Waals surface area (Å²) in [6, 6.07) is -0.474. The van der Waals surface area contributed by atoms with Crippen molar-refractivity contribution in [3.63, 3.8) is 0 Å². The van der Waals surface area contributed by atoms with Gasteiger partial charge in [0.25, 0.3) is 5.91 Å². The number of carbonyl (C=O) groups excluding carboxylic acids is 1. The van der Waals surface area contributed by atoms with E-state index in [0.29, 0.717) is 19.0 Å². The molecular formula is C16H25F3N4O. The fraction of sp³-hybridized carbons (Fsp3) is 0.750. The Morgan fingerprint density at radius 1 is 1.46 bits per heavy atom. The van der Waals surface area contributed by atoms with Crippen LogP contribution >= 0.6 is 0 Å². The number of likely N-dealkylation sites (tertiary alicyclic amines) is 1. The van der Waals surface area contributed by atoms with Crippen LogP contribution in [0.3, 0.4) is 0 Å². The molecule has 0 bridgehead atoms. The first kappa shape index (κ1) is 18.8. The molecule has 1 aliphatic heterocycles. The number of hydrogen-bond acceptors (Lipinski definition) is 3. The van der Waals surface area contributed by atoms with E-state index < -0.39 is 29.4 Å². The average molecular weight is 346 g/mol. The Morgan fingerprint density at radius 2 is 2.17 bits per heavy atom. The van der Waals surface area contributed by atoms with Gasteiger partial charge in [-0.3, -0.25) is 9.48 Å². The Kier molecular flexibility index (Phi) is 5.90. The van der Waals surface area contributed by atoms with Gasteiger partial charge in [0.2, 0.25) is 0 Å². The summed E-state index contributed by atoms with van der Waals surface area (Å²) in [5.74, 6) is -0.102. The predicted octanol–water partition coefficient (Wildman–Crippen LogP) is 2.94. The molecule has 1 N–H and O–H groups in total. The zero-order chi connectivity index (χ0) is 17.9. The first-order valence-electron chi connectivity index (χ1n) is 8.35. The van der Waals surface area contributed by atoms with E-state index in [-0.39, 0.29) is 0 Å². The predicted molar refractivity (Wildman–Crippen MR) is 84.8 cm³/mol. The van der Waals surface area contributed by atoms with Crippen molar-refractivity contribution in [1.29, 1.82) is 0 Å². The standard InChI is InChI=1S/C16H25F3N4O/c1-11(2)23-14(16(17,18)19)13(9-21-23)15(24)20-6-8-22-7-4-5-12(3)10-22/h9,11-12H,4-8,10H2,1-3H3,(H,20,24)/t12-/m1/s1. The average Bonchev–Trinajstić information content (AvgIpc) is 2.92. The fourth-order valence-electron chi connectivity index (χ4n) is 3.12. The Bertz CT molecular complexity index is 568. The quantitative estimate of drug-likeness (QED) is 0.892. The third-order valence-electron chi connectivity index (χ3n) is 4.25. The first-order chi connectivity index (χ1) is 11.2. The Labute approximate surface area is 140 Å². The van der Waals surface area contributed by atoms with E-state index in [1.807, 2.05) is 0 Å². The summed E-state index contributed by atoms with van der Waals surface area (Å²) in [5, 5.41) is 6.33. The third kappa shape index (κ3) is 4.49. The maximum absolute atomic E-state index is 13.3. The van der Waals surface area contributed by atoms with Gasteiger partial charge in [-0.25, -0.2) is 0 Å². The summed E-state index contributed by atoms with van der Waals surface area (Å²) in [6.45, 7) is 8.29. The smallest absolute Gasteiger partial charge is 0.351 e. The molecule has 0 spiro atoms. The molecule has 1 aromatic rings. The van der Waals surface area contributed by atoms with Crippen LogP contribution in [0.25, 0.3) is 0 Å². The molecule has 1 amide bonds. The first-order valence-corrected chi connectivity index (χ1v) is 8.35. The lowest BCUT2D eigenvalue weighted by Crippen LogP contribution is -2.40. The number of hydrogen-bond donors (Lipinski definition) is 1. The minimum atomic E-state index is -4.62.